The van der Waals surface area contributed by atoms with Crippen LogP contribution in [0.4, 0.5) is 5.69 Å². The van der Waals surface area contributed by atoms with Crippen molar-refractivity contribution in [2.24, 2.45) is 11.8 Å². The summed E-state index contributed by atoms with van der Waals surface area (Å²) in [5.41, 5.74) is 6.79. The Kier molecular flexibility index (Phi) is 3.42. The van der Waals surface area contributed by atoms with Gasteiger partial charge >= 0.3 is 0 Å². The molecular weight excluding hydrogens is 256 g/mol. The van der Waals surface area contributed by atoms with Crippen molar-refractivity contribution in [2.75, 3.05) is 19.1 Å². The third-order valence-electron chi connectivity index (χ3n) is 4.35. The van der Waals surface area contributed by atoms with Crippen LogP contribution in [0.1, 0.15) is 36.5 Å². The maximum absolute atomic E-state index is 12.2. The molecule has 1 fully saturated rings. The second kappa shape index (κ2) is 5.23. The van der Waals surface area contributed by atoms with Gasteiger partial charge in [0.15, 0.2) is 11.5 Å². The normalized spacial score (nSPS) is 23.9. The highest BCUT2D eigenvalue weighted by Crippen LogP contribution is 2.36. The lowest BCUT2D eigenvalue weighted by Crippen LogP contribution is -2.30. The molecule has 2 aliphatic rings. The fourth-order valence-electron chi connectivity index (χ4n) is 3.00. The number of hydrogen-bond acceptors (Lipinski definition) is 4. The number of nitrogens with one attached hydrogen (secondary N) is 1. The topological polar surface area (TPSA) is 73.6 Å². The van der Waals surface area contributed by atoms with Gasteiger partial charge in [-0.1, -0.05) is 19.8 Å². The molecule has 0 radical (unpaired) electrons. The Morgan fingerprint density at radius 3 is 2.80 bits per heavy atom. The summed E-state index contributed by atoms with van der Waals surface area (Å²) in [4.78, 5) is 12.2. The Hall–Kier alpha value is -1.91. The summed E-state index contributed by atoms with van der Waals surface area (Å²) in [6, 6.07) is 3.31. The van der Waals surface area contributed by atoms with E-state index >= 15 is 0 Å². The quantitative estimate of drug-likeness (QED) is 0.830. The standard InChI is InChI=1S/C15H20N2O3/c1-9-3-2-4-10(9)7-17-15(18)11-5-13-14(6-12(11)16)20-8-19-13/h5-6,9-10H,2-4,7-8,16H2,1H3,(H,17,18). The van der Waals surface area contributed by atoms with Gasteiger partial charge in [0.2, 0.25) is 6.79 Å². The molecule has 20 heavy (non-hydrogen) atoms. The second-order valence-electron chi connectivity index (χ2n) is 5.67. The van der Waals surface area contributed by atoms with Crippen LogP contribution in [-0.2, 0) is 0 Å². The van der Waals surface area contributed by atoms with E-state index in [-0.39, 0.29) is 12.7 Å². The summed E-state index contributed by atoms with van der Waals surface area (Å²) >= 11 is 0. The molecule has 0 bridgehead atoms. The number of hydrogen-bond donors (Lipinski definition) is 2. The van der Waals surface area contributed by atoms with Crippen molar-refractivity contribution in [1.29, 1.82) is 0 Å². The smallest absolute Gasteiger partial charge is 0.253 e. The van der Waals surface area contributed by atoms with Gasteiger partial charge in [-0.2, -0.15) is 0 Å². The highest BCUT2D eigenvalue weighted by molar-refractivity contribution is 6.00. The number of anilines is 1. The lowest BCUT2D eigenvalue weighted by Gasteiger charge is -2.16. The van der Waals surface area contributed by atoms with E-state index < -0.39 is 0 Å². The van der Waals surface area contributed by atoms with Gasteiger partial charge in [0, 0.05) is 18.3 Å². The molecule has 1 saturated carbocycles. The number of benzene rings is 1. The Morgan fingerprint density at radius 2 is 2.10 bits per heavy atom. The fourth-order valence-corrected chi connectivity index (χ4v) is 3.00. The van der Waals surface area contributed by atoms with E-state index in [0.717, 1.165) is 0 Å². The summed E-state index contributed by atoms with van der Waals surface area (Å²) in [5.74, 6) is 2.31. The lowest BCUT2D eigenvalue weighted by atomic mass is 9.98. The largest absolute Gasteiger partial charge is 0.454 e. The number of carbonyl (C=O) groups is 1. The molecule has 0 aromatic heterocycles. The minimum absolute atomic E-state index is 0.139. The lowest BCUT2D eigenvalue weighted by molar-refractivity contribution is 0.0945. The highest BCUT2D eigenvalue weighted by Gasteiger charge is 2.25. The minimum atomic E-state index is -0.139. The molecule has 3 N–H and O–H groups in total. The number of nitrogen functional groups attached to an aromatic ring is 1. The first kappa shape index (κ1) is 13.1. The van der Waals surface area contributed by atoms with E-state index in [4.69, 9.17) is 15.2 Å². The zero-order valence-electron chi connectivity index (χ0n) is 11.6. The molecule has 1 aliphatic carbocycles. The number of amides is 1. The molecule has 5 nitrogen and oxygen atoms in total. The van der Waals surface area contributed by atoms with Gasteiger partial charge in [0.25, 0.3) is 5.91 Å². The molecule has 3 rings (SSSR count). The van der Waals surface area contributed by atoms with Crippen LogP contribution in [0.15, 0.2) is 12.1 Å². The van der Waals surface area contributed by atoms with Crippen molar-refractivity contribution in [3.63, 3.8) is 0 Å². The number of carbonyl (C=O) groups excluding carboxylic acids is 1. The first-order valence-electron chi connectivity index (χ1n) is 7.12. The third-order valence-corrected chi connectivity index (χ3v) is 4.35. The first-order chi connectivity index (χ1) is 9.65. The van der Waals surface area contributed by atoms with Crippen LogP contribution in [0.5, 0.6) is 11.5 Å². The third kappa shape index (κ3) is 2.40. The molecular formula is C15H20N2O3. The van der Waals surface area contributed by atoms with Crippen LogP contribution in [0, 0.1) is 11.8 Å². The molecule has 1 aliphatic heterocycles. The Labute approximate surface area is 118 Å². The van der Waals surface area contributed by atoms with Gasteiger partial charge in [-0.25, -0.2) is 0 Å². The summed E-state index contributed by atoms with van der Waals surface area (Å²) < 4.78 is 10.5. The number of nitrogens with two attached hydrogens (primary N) is 1. The van der Waals surface area contributed by atoms with Crippen LogP contribution in [-0.4, -0.2) is 19.2 Å². The maximum Gasteiger partial charge on any atom is 0.253 e. The Bertz CT molecular complexity index is 530. The molecule has 2 atom stereocenters. The van der Waals surface area contributed by atoms with E-state index in [1.54, 1.807) is 12.1 Å². The van der Waals surface area contributed by atoms with Crippen molar-refractivity contribution in [3.05, 3.63) is 17.7 Å². The second-order valence-corrected chi connectivity index (χ2v) is 5.67. The van der Waals surface area contributed by atoms with Crippen LogP contribution >= 0.6 is 0 Å². The van der Waals surface area contributed by atoms with E-state index in [1.807, 2.05) is 0 Å². The van der Waals surface area contributed by atoms with Crippen LogP contribution in [0.25, 0.3) is 0 Å². The van der Waals surface area contributed by atoms with Gasteiger partial charge in [-0.3, -0.25) is 4.79 Å². The number of fused-ring (bicyclic) bond motifs is 1. The molecule has 5 heteroatoms. The van der Waals surface area contributed by atoms with Crippen molar-refractivity contribution < 1.29 is 14.3 Å². The van der Waals surface area contributed by atoms with Crippen molar-refractivity contribution in [1.82, 2.24) is 5.32 Å². The van der Waals surface area contributed by atoms with Crippen molar-refractivity contribution in [3.8, 4) is 11.5 Å². The molecule has 1 amide bonds. The summed E-state index contributed by atoms with van der Waals surface area (Å²) in [5, 5.41) is 2.99. The molecule has 1 aromatic rings. The van der Waals surface area contributed by atoms with E-state index in [9.17, 15) is 4.79 Å². The van der Waals surface area contributed by atoms with E-state index in [2.05, 4.69) is 12.2 Å². The predicted molar refractivity (Wildman–Crippen MR) is 75.8 cm³/mol. The summed E-state index contributed by atoms with van der Waals surface area (Å²) in [6.07, 6.45) is 3.71. The molecule has 0 spiro atoms. The zero-order chi connectivity index (χ0) is 14.1. The van der Waals surface area contributed by atoms with Gasteiger partial charge in [0.05, 0.1) is 5.56 Å². The van der Waals surface area contributed by atoms with Gasteiger partial charge < -0.3 is 20.5 Å². The summed E-state index contributed by atoms with van der Waals surface area (Å²) in [6.45, 7) is 3.14. The molecule has 108 valence electrons. The Balaban J connectivity index is 1.68. The number of rotatable bonds is 3. The first-order valence-corrected chi connectivity index (χ1v) is 7.12. The maximum atomic E-state index is 12.2. The average molecular weight is 276 g/mol. The molecule has 0 saturated heterocycles. The minimum Gasteiger partial charge on any atom is -0.454 e. The zero-order valence-corrected chi connectivity index (χ0v) is 11.6. The van der Waals surface area contributed by atoms with Crippen molar-refractivity contribution >= 4 is 11.6 Å². The fraction of sp³-hybridized carbons (Fsp3) is 0.533. The molecule has 1 heterocycles. The van der Waals surface area contributed by atoms with Gasteiger partial charge in [0.1, 0.15) is 0 Å². The van der Waals surface area contributed by atoms with E-state index in [0.29, 0.717) is 41.1 Å². The van der Waals surface area contributed by atoms with Gasteiger partial charge in [-0.05, 0) is 24.3 Å². The van der Waals surface area contributed by atoms with Crippen molar-refractivity contribution in [2.45, 2.75) is 26.2 Å². The van der Waals surface area contributed by atoms with Gasteiger partial charge in [-0.15, -0.1) is 0 Å². The monoisotopic (exact) mass is 276 g/mol. The Morgan fingerprint density at radius 1 is 1.35 bits per heavy atom. The average Bonchev–Trinajstić information content (AvgIpc) is 3.03. The molecule has 1 aromatic carbocycles. The van der Waals surface area contributed by atoms with E-state index in [1.165, 1.54) is 19.3 Å². The summed E-state index contributed by atoms with van der Waals surface area (Å²) in [7, 11) is 0. The molecule has 2 unspecified atom stereocenters. The van der Waals surface area contributed by atoms with Crippen LogP contribution < -0.4 is 20.5 Å². The highest BCUT2D eigenvalue weighted by atomic mass is 16.7. The van der Waals surface area contributed by atoms with Crippen LogP contribution in [0.2, 0.25) is 0 Å². The van der Waals surface area contributed by atoms with Crippen LogP contribution in [0.3, 0.4) is 0 Å². The number of ether oxygens (including phenoxy) is 2. The SMILES string of the molecule is CC1CCCC1CNC(=O)c1cc2c(cc1N)OCO2. The predicted octanol–water partition coefficient (Wildman–Crippen LogP) is 2.16.